The maximum absolute atomic E-state index is 13.3. The van der Waals surface area contributed by atoms with E-state index in [1.165, 1.54) is 12.1 Å². The van der Waals surface area contributed by atoms with Crippen molar-refractivity contribution in [2.75, 3.05) is 11.1 Å². The number of carbonyl (C=O) groups excluding carboxylic acids is 2. The molecule has 0 amide bonds. The van der Waals surface area contributed by atoms with Crippen molar-refractivity contribution in [2.24, 2.45) is 0 Å². The minimum absolute atomic E-state index is 0. The molecule has 0 saturated carbocycles. The molecule has 1 aliphatic rings. The van der Waals surface area contributed by atoms with Gasteiger partial charge in [0, 0.05) is 16.8 Å². The number of anilines is 3. The summed E-state index contributed by atoms with van der Waals surface area (Å²) in [5.41, 5.74) is 9.16. The summed E-state index contributed by atoms with van der Waals surface area (Å²) in [5.74, 6) is -1.03. The molecule has 0 heterocycles. The van der Waals surface area contributed by atoms with Gasteiger partial charge in [-0.05, 0) is 38.0 Å². The average molecular weight is 460 g/mol. The van der Waals surface area contributed by atoms with Crippen molar-refractivity contribution in [1.82, 2.24) is 0 Å². The van der Waals surface area contributed by atoms with Crippen LogP contribution in [0, 0.1) is 20.8 Å². The van der Waals surface area contributed by atoms with Gasteiger partial charge >= 0.3 is 29.6 Å². The molecule has 0 fully saturated rings. The minimum atomic E-state index is -4.76. The van der Waals surface area contributed by atoms with Crippen LogP contribution in [-0.4, -0.2) is 54.1 Å². The second-order valence-electron chi connectivity index (χ2n) is 7.66. The van der Waals surface area contributed by atoms with Gasteiger partial charge in [-0.2, -0.15) is 8.42 Å². The third-order valence-corrected chi connectivity index (χ3v) is 6.31. The van der Waals surface area contributed by atoms with Gasteiger partial charge in [0.15, 0.2) is 11.6 Å². The maximum atomic E-state index is 13.3. The standard InChI is InChI=1S/C23H20N2O5S.Na.H/c1-11-8-12(2)21(13(3)9-11)25-16-10-17(31(28,29)30)20(24)19-18(16)22(26)14-6-4-5-7-15(14)23(19)27;;/h4-10,25H,24H2,1-3H3,(H,28,29,30);;. The normalized spacial score (nSPS) is 12.6. The first-order valence-electron chi connectivity index (χ1n) is 9.48. The fraction of sp³-hybridized carbons (Fsp3) is 0.130. The molecule has 3 aromatic rings. The Morgan fingerprint density at radius 1 is 0.875 bits per heavy atom. The molecule has 0 atom stereocenters. The Bertz CT molecular complexity index is 1390. The first kappa shape index (κ1) is 24.2. The number of fused-ring (bicyclic) bond motifs is 2. The quantitative estimate of drug-likeness (QED) is 0.243. The molecule has 0 aliphatic heterocycles. The second-order valence-corrected chi connectivity index (χ2v) is 9.05. The average Bonchev–Trinajstić information content (AvgIpc) is 2.68. The molecular weight excluding hydrogens is 439 g/mol. The van der Waals surface area contributed by atoms with Gasteiger partial charge in [-0.15, -0.1) is 0 Å². The Kier molecular flexibility index (Phi) is 6.38. The molecule has 4 N–H and O–H groups in total. The molecule has 0 unspecified atom stereocenters. The molecule has 7 nitrogen and oxygen atoms in total. The number of hydrogen-bond acceptors (Lipinski definition) is 6. The summed E-state index contributed by atoms with van der Waals surface area (Å²) in [6.07, 6.45) is 0. The molecule has 32 heavy (non-hydrogen) atoms. The Balaban J connectivity index is 0.00000289. The van der Waals surface area contributed by atoms with E-state index < -0.39 is 32.3 Å². The summed E-state index contributed by atoms with van der Waals surface area (Å²) in [7, 11) is -4.76. The molecule has 1 aliphatic carbocycles. The van der Waals surface area contributed by atoms with E-state index in [9.17, 15) is 22.6 Å². The van der Waals surface area contributed by atoms with E-state index in [0.29, 0.717) is 5.69 Å². The van der Waals surface area contributed by atoms with Gasteiger partial charge in [0.25, 0.3) is 10.1 Å². The Labute approximate surface area is 208 Å². The van der Waals surface area contributed by atoms with Crippen molar-refractivity contribution in [1.29, 1.82) is 0 Å². The van der Waals surface area contributed by atoms with Crippen molar-refractivity contribution >= 4 is 68.3 Å². The number of nitrogens with one attached hydrogen (secondary N) is 1. The summed E-state index contributed by atoms with van der Waals surface area (Å²) < 4.78 is 33.7. The van der Waals surface area contributed by atoms with Crippen LogP contribution in [0.5, 0.6) is 0 Å². The van der Waals surface area contributed by atoms with Crippen molar-refractivity contribution in [3.63, 3.8) is 0 Å². The molecule has 9 heteroatoms. The predicted octanol–water partition coefficient (Wildman–Crippen LogP) is 3.31. The van der Waals surface area contributed by atoms with Gasteiger partial charge in [0.1, 0.15) is 4.90 Å². The van der Waals surface area contributed by atoms with Gasteiger partial charge in [0.2, 0.25) is 0 Å². The van der Waals surface area contributed by atoms with Gasteiger partial charge in [-0.3, -0.25) is 14.1 Å². The fourth-order valence-corrected chi connectivity index (χ4v) is 4.76. The van der Waals surface area contributed by atoms with E-state index in [0.717, 1.165) is 22.8 Å². The van der Waals surface area contributed by atoms with Gasteiger partial charge in [0.05, 0.1) is 22.5 Å². The zero-order valence-electron chi connectivity index (χ0n) is 17.1. The summed E-state index contributed by atoms with van der Waals surface area (Å²) in [6.45, 7) is 5.69. The van der Waals surface area contributed by atoms with Crippen molar-refractivity contribution < 1.29 is 22.6 Å². The summed E-state index contributed by atoms with van der Waals surface area (Å²) >= 11 is 0. The topological polar surface area (TPSA) is 127 Å². The molecule has 4 rings (SSSR count). The van der Waals surface area contributed by atoms with Gasteiger partial charge in [-0.1, -0.05) is 42.0 Å². The van der Waals surface area contributed by atoms with Crippen molar-refractivity contribution in [3.8, 4) is 0 Å². The van der Waals surface area contributed by atoms with Crippen molar-refractivity contribution in [3.05, 3.63) is 81.4 Å². The van der Waals surface area contributed by atoms with Crippen LogP contribution in [0.4, 0.5) is 17.1 Å². The summed E-state index contributed by atoms with van der Waals surface area (Å²) in [4.78, 5) is 25.9. The third kappa shape index (κ3) is 3.89. The first-order valence-corrected chi connectivity index (χ1v) is 10.9. The summed E-state index contributed by atoms with van der Waals surface area (Å²) in [5, 5.41) is 3.11. The number of nitrogens with two attached hydrogens (primary N) is 1. The van der Waals surface area contributed by atoms with Crippen LogP contribution in [0.3, 0.4) is 0 Å². The van der Waals surface area contributed by atoms with E-state index in [1.807, 2.05) is 32.9 Å². The zero-order chi connectivity index (χ0) is 22.7. The number of rotatable bonds is 3. The van der Waals surface area contributed by atoms with Gasteiger partial charge in [-0.25, -0.2) is 0 Å². The SMILES string of the molecule is Cc1cc(C)c(Nc2cc(S(=O)(=O)O)c(N)c3c2C(=O)c2ccccc2C3=O)c(C)c1.[NaH]. The van der Waals surface area contributed by atoms with Crippen LogP contribution >= 0.6 is 0 Å². The number of benzene rings is 3. The number of aryl methyl sites for hydroxylation is 3. The predicted molar refractivity (Wildman–Crippen MR) is 125 cm³/mol. The van der Waals surface area contributed by atoms with Crippen LogP contribution in [0.2, 0.25) is 0 Å². The van der Waals surface area contributed by atoms with E-state index in [4.69, 9.17) is 5.73 Å². The van der Waals surface area contributed by atoms with Crippen LogP contribution < -0.4 is 11.1 Å². The number of carbonyl (C=O) groups is 2. The zero-order valence-corrected chi connectivity index (χ0v) is 17.9. The van der Waals surface area contributed by atoms with Crippen LogP contribution in [0.15, 0.2) is 47.4 Å². The molecule has 0 aromatic heterocycles. The summed E-state index contributed by atoms with van der Waals surface area (Å²) in [6, 6.07) is 11.2. The molecule has 0 saturated heterocycles. The van der Waals surface area contributed by atoms with Crippen LogP contribution in [0.25, 0.3) is 0 Å². The Hall–Kier alpha value is -2.49. The monoisotopic (exact) mass is 460 g/mol. The first-order chi connectivity index (χ1) is 14.5. The van der Waals surface area contributed by atoms with E-state index >= 15 is 0 Å². The fourth-order valence-electron chi connectivity index (χ4n) is 4.12. The number of ketones is 2. The molecule has 0 radical (unpaired) electrons. The Morgan fingerprint density at radius 3 is 1.88 bits per heavy atom. The van der Waals surface area contributed by atoms with Crippen molar-refractivity contribution in [2.45, 2.75) is 25.7 Å². The van der Waals surface area contributed by atoms with E-state index in [2.05, 4.69) is 5.32 Å². The van der Waals surface area contributed by atoms with E-state index in [1.54, 1.807) is 12.1 Å². The molecular formula is C23H21N2NaO5S. The molecule has 3 aromatic carbocycles. The van der Waals surface area contributed by atoms with E-state index in [-0.39, 0.29) is 57.5 Å². The molecule has 160 valence electrons. The second kappa shape index (κ2) is 8.46. The Morgan fingerprint density at radius 2 is 1.38 bits per heavy atom. The number of hydrogen-bond donors (Lipinski definition) is 3. The van der Waals surface area contributed by atoms with Crippen LogP contribution in [-0.2, 0) is 10.1 Å². The van der Waals surface area contributed by atoms with Gasteiger partial charge < -0.3 is 11.1 Å². The van der Waals surface area contributed by atoms with Crippen LogP contribution in [0.1, 0.15) is 48.5 Å². The molecule has 0 spiro atoms. The third-order valence-electron chi connectivity index (χ3n) is 5.41. The molecule has 0 bridgehead atoms. The number of nitrogen functional groups attached to an aromatic ring is 1.